The van der Waals surface area contributed by atoms with Gasteiger partial charge in [0.2, 0.25) is 10.0 Å². The van der Waals surface area contributed by atoms with Crippen LogP contribution >= 0.6 is 0 Å². The Morgan fingerprint density at radius 1 is 1.36 bits per heavy atom. The summed E-state index contributed by atoms with van der Waals surface area (Å²) in [5.74, 6) is -2.41. The predicted octanol–water partition coefficient (Wildman–Crippen LogP) is 2.14. The Balaban J connectivity index is 2.27. The number of sulfonamides is 1. The van der Waals surface area contributed by atoms with E-state index in [0.717, 1.165) is 0 Å². The van der Waals surface area contributed by atoms with Crippen molar-refractivity contribution >= 4 is 16.0 Å². The van der Waals surface area contributed by atoms with Crippen molar-refractivity contribution in [3.63, 3.8) is 0 Å². The average Bonchev–Trinajstić information content (AvgIpc) is 2.36. The number of halogens is 1. The molecule has 0 saturated heterocycles. The number of hydrogen-bond acceptors (Lipinski definition) is 3. The van der Waals surface area contributed by atoms with E-state index in [-0.39, 0.29) is 11.3 Å². The van der Waals surface area contributed by atoms with Gasteiger partial charge in [-0.1, -0.05) is 18.2 Å². The van der Waals surface area contributed by atoms with Crippen LogP contribution in [0.5, 0.6) is 0 Å². The van der Waals surface area contributed by atoms with E-state index < -0.39 is 33.8 Å². The highest BCUT2D eigenvalue weighted by Gasteiger charge is 2.29. The van der Waals surface area contributed by atoms with E-state index in [2.05, 4.69) is 4.72 Å². The zero-order valence-electron chi connectivity index (χ0n) is 12.3. The lowest BCUT2D eigenvalue weighted by atomic mass is 9.92. The zero-order chi connectivity index (χ0) is 16.5. The second kappa shape index (κ2) is 6.18. The summed E-state index contributed by atoms with van der Waals surface area (Å²) in [6.07, 6.45) is 3.76. The van der Waals surface area contributed by atoms with Gasteiger partial charge in [-0.3, -0.25) is 4.79 Å². The van der Waals surface area contributed by atoms with Crippen LogP contribution in [0.4, 0.5) is 4.39 Å². The van der Waals surface area contributed by atoms with Crippen LogP contribution in [0.15, 0.2) is 29.2 Å². The summed E-state index contributed by atoms with van der Waals surface area (Å²) in [5.41, 5.74) is 0.956. The van der Waals surface area contributed by atoms with Crippen molar-refractivity contribution in [3.05, 3.63) is 41.2 Å². The van der Waals surface area contributed by atoms with E-state index in [1.807, 2.05) is 0 Å². The van der Waals surface area contributed by atoms with Gasteiger partial charge in [0.25, 0.3) is 0 Å². The molecule has 2 rings (SSSR count). The molecule has 1 aromatic carbocycles. The third-order valence-corrected chi connectivity index (χ3v) is 5.29. The number of benzene rings is 1. The van der Waals surface area contributed by atoms with Gasteiger partial charge in [-0.05, 0) is 43.9 Å². The molecule has 7 heteroatoms. The lowest BCUT2D eigenvalue weighted by Crippen LogP contribution is -2.38. The van der Waals surface area contributed by atoms with Crippen molar-refractivity contribution in [2.45, 2.75) is 37.6 Å². The standard InChI is InChI=1S/C15H18FNO4S/c1-9-6-10(2)14(13(16)7-9)22(20,21)17-12-5-3-4-11(8-12)15(18)19/h3,5-7,11-12,17H,4,8H2,1-2H3,(H,18,19)/t11-,12-/m0/s1. The molecular weight excluding hydrogens is 309 g/mol. The fraction of sp³-hybridized carbons (Fsp3) is 0.400. The predicted molar refractivity (Wildman–Crippen MR) is 79.5 cm³/mol. The lowest BCUT2D eigenvalue weighted by molar-refractivity contribution is -0.142. The molecule has 1 aliphatic carbocycles. The molecule has 0 fully saturated rings. The second-order valence-electron chi connectivity index (χ2n) is 5.56. The minimum atomic E-state index is -4.06. The number of carboxylic acid groups (broad SMARTS) is 1. The van der Waals surface area contributed by atoms with Gasteiger partial charge in [-0.15, -0.1) is 0 Å². The number of allylic oxidation sites excluding steroid dienone is 1. The van der Waals surface area contributed by atoms with E-state index in [0.29, 0.717) is 17.5 Å². The van der Waals surface area contributed by atoms with Crippen molar-refractivity contribution in [3.8, 4) is 0 Å². The van der Waals surface area contributed by atoms with Crippen LogP contribution in [-0.2, 0) is 14.8 Å². The molecule has 5 nitrogen and oxygen atoms in total. The molecule has 1 aromatic rings. The third kappa shape index (κ3) is 3.53. The summed E-state index contributed by atoms with van der Waals surface area (Å²) < 4.78 is 41.2. The summed E-state index contributed by atoms with van der Waals surface area (Å²) in [6.45, 7) is 3.21. The first-order valence-electron chi connectivity index (χ1n) is 6.89. The van der Waals surface area contributed by atoms with Crippen LogP contribution in [0.3, 0.4) is 0 Å². The molecule has 0 radical (unpaired) electrons. The number of carbonyl (C=O) groups is 1. The molecule has 120 valence electrons. The molecule has 0 spiro atoms. The molecule has 0 aromatic heterocycles. The largest absolute Gasteiger partial charge is 0.481 e. The Kier molecular flexibility index (Phi) is 4.67. The summed E-state index contributed by atoms with van der Waals surface area (Å²) in [4.78, 5) is 10.6. The molecule has 0 heterocycles. The van der Waals surface area contributed by atoms with Gasteiger partial charge in [-0.25, -0.2) is 17.5 Å². The minimum Gasteiger partial charge on any atom is -0.481 e. The topological polar surface area (TPSA) is 83.5 Å². The normalized spacial score (nSPS) is 21.8. The van der Waals surface area contributed by atoms with Gasteiger partial charge in [0, 0.05) is 6.04 Å². The molecular formula is C15H18FNO4S. The fourth-order valence-corrected chi connectivity index (χ4v) is 4.17. The first-order chi connectivity index (χ1) is 10.2. The number of aryl methyl sites for hydroxylation is 2. The van der Waals surface area contributed by atoms with Gasteiger partial charge >= 0.3 is 5.97 Å². The molecule has 2 atom stereocenters. The molecule has 1 aliphatic rings. The second-order valence-corrected chi connectivity index (χ2v) is 7.21. The summed E-state index contributed by atoms with van der Waals surface area (Å²) in [7, 11) is -4.06. The first-order valence-corrected chi connectivity index (χ1v) is 8.37. The number of aliphatic carboxylic acids is 1. The van der Waals surface area contributed by atoms with Crippen LogP contribution in [0.1, 0.15) is 24.0 Å². The average molecular weight is 327 g/mol. The smallest absolute Gasteiger partial charge is 0.306 e. The number of rotatable bonds is 4. The van der Waals surface area contributed by atoms with Crippen LogP contribution in [0.2, 0.25) is 0 Å². The maximum Gasteiger partial charge on any atom is 0.306 e. The van der Waals surface area contributed by atoms with E-state index in [4.69, 9.17) is 5.11 Å². The molecule has 0 saturated carbocycles. The van der Waals surface area contributed by atoms with E-state index in [1.54, 1.807) is 25.1 Å². The lowest BCUT2D eigenvalue weighted by Gasteiger charge is -2.23. The van der Waals surface area contributed by atoms with Gasteiger partial charge in [0.15, 0.2) is 0 Å². The Hall–Kier alpha value is -1.73. The Labute approximate surface area is 128 Å². The van der Waals surface area contributed by atoms with E-state index >= 15 is 0 Å². The quantitative estimate of drug-likeness (QED) is 0.830. The number of carboxylic acids is 1. The van der Waals surface area contributed by atoms with Crippen molar-refractivity contribution < 1.29 is 22.7 Å². The van der Waals surface area contributed by atoms with Crippen molar-refractivity contribution in [2.24, 2.45) is 5.92 Å². The highest BCUT2D eigenvalue weighted by Crippen LogP contribution is 2.24. The van der Waals surface area contributed by atoms with Crippen LogP contribution < -0.4 is 4.72 Å². The first kappa shape index (κ1) is 16.6. The molecule has 0 amide bonds. The van der Waals surface area contributed by atoms with Crippen molar-refractivity contribution in [1.29, 1.82) is 0 Å². The number of nitrogens with one attached hydrogen (secondary N) is 1. The van der Waals surface area contributed by atoms with Crippen LogP contribution in [-0.4, -0.2) is 25.5 Å². The van der Waals surface area contributed by atoms with Gasteiger partial charge in [0.05, 0.1) is 5.92 Å². The van der Waals surface area contributed by atoms with Gasteiger partial charge < -0.3 is 5.11 Å². The highest BCUT2D eigenvalue weighted by molar-refractivity contribution is 7.89. The maximum absolute atomic E-state index is 14.0. The summed E-state index contributed by atoms with van der Waals surface area (Å²) in [6, 6.07) is 2.10. The number of hydrogen-bond donors (Lipinski definition) is 2. The monoisotopic (exact) mass is 327 g/mol. The summed E-state index contributed by atoms with van der Waals surface area (Å²) >= 11 is 0. The zero-order valence-corrected chi connectivity index (χ0v) is 13.2. The molecule has 0 aliphatic heterocycles. The van der Waals surface area contributed by atoms with E-state index in [1.165, 1.54) is 13.0 Å². The molecule has 22 heavy (non-hydrogen) atoms. The van der Waals surface area contributed by atoms with E-state index in [9.17, 15) is 17.6 Å². The molecule has 0 bridgehead atoms. The van der Waals surface area contributed by atoms with Crippen molar-refractivity contribution in [2.75, 3.05) is 0 Å². The summed E-state index contributed by atoms with van der Waals surface area (Å²) in [5, 5.41) is 9.02. The van der Waals surface area contributed by atoms with Crippen molar-refractivity contribution in [1.82, 2.24) is 4.72 Å². The SMILES string of the molecule is Cc1cc(C)c(S(=O)(=O)N[C@H]2C=CC[C@H](C(=O)O)C2)c(F)c1. The maximum atomic E-state index is 14.0. The Bertz CT molecular complexity index is 704. The van der Waals surface area contributed by atoms with Gasteiger partial charge in [0.1, 0.15) is 10.7 Å². The molecule has 0 unspecified atom stereocenters. The highest BCUT2D eigenvalue weighted by atomic mass is 32.2. The third-order valence-electron chi connectivity index (χ3n) is 3.63. The Morgan fingerprint density at radius 3 is 2.64 bits per heavy atom. The van der Waals surface area contributed by atoms with Crippen LogP contribution in [0, 0.1) is 25.6 Å². The minimum absolute atomic E-state index is 0.150. The van der Waals surface area contributed by atoms with Crippen LogP contribution in [0.25, 0.3) is 0 Å². The molecule has 2 N–H and O–H groups in total. The Morgan fingerprint density at radius 2 is 2.05 bits per heavy atom. The fourth-order valence-electron chi connectivity index (χ4n) is 2.68. The van der Waals surface area contributed by atoms with Gasteiger partial charge in [-0.2, -0.15) is 0 Å².